The van der Waals surface area contributed by atoms with Crippen molar-refractivity contribution in [1.29, 1.82) is 0 Å². The quantitative estimate of drug-likeness (QED) is 0.920. The van der Waals surface area contributed by atoms with Crippen LogP contribution >= 0.6 is 0 Å². The van der Waals surface area contributed by atoms with E-state index in [2.05, 4.69) is 17.1 Å². The summed E-state index contributed by atoms with van der Waals surface area (Å²) in [5.41, 5.74) is 2.91. The first-order chi connectivity index (χ1) is 10.2. The van der Waals surface area contributed by atoms with Crippen molar-refractivity contribution in [2.75, 3.05) is 7.11 Å². The number of aliphatic hydroxyl groups excluding tert-OH is 1. The predicted molar refractivity (Wildman–Crippen MR) is 84.6 cm³/mol. The molecule has 3 nitrogen and oxygen atoms in total. The fraction of sp³-hybridized carbons (Fsp3) is 0.500. The van der Waals surface area contributed by atoms with E-state index in [4.69, 9.17) is 4.74 Å². The molecule has 0 amide bonds. The second-order valence-electron chi connectivity index (χ2n) is 6.11. The summed E-state index contributed by atoms with van der Waals surface area (Å²) in [4.78, 5) is 4.55. The Hall–Kier alpha value is -1.61. The van der Waals surface area contributed by atoms with Crippen LogP contribution in [0.2, 0.25) is 0 Å². The van der Waals surface area contributed by atoms with Gasteiger partial charge in [0.1, 0.15) is 0 Å². The zero-order valence-electron chi connectivity index (χ0n) is 12.8. The van der Waals surface area contributed by atoms with Crippen molar-refractivity contribution in [1.82, 2.24) is 4.98 Å². The van der Waals surface area contributed by atoms with Crippen molar-refractivity contribution in [3.8, 4) is 5.88 Å². The van der Waals surface area contributed by atoms with Crippen LogP contribution in [-0.2, 0) is 0 Å². The van der Waals surface area contributed by atoms with Gasteiger partial charge in [0, 0.05) is 10.9 Å². The van der Waals surface area contributed by atoms with Gasteiger partial charge in [0.2, 0.25) is 5.88 Å². The Labute approximate surface area is 126 Å². The lowest BCUT2D eigenvalue weighted by molar-refractivity contribution is 0.0849. The zero-order chi connectivity index (χ0) is 14.8. The third kappa shape index (κ3) is 2.88. The van der Waals surface area contributed by atoms with Crippen molar-refractivity contribution >= 4 is 10.9 Å². The molecular formula is C18H23NO2. The highest BCUT2D eigenvalue weighted by Gasteiger charge is 2.23. The molecule has 1 unspecified atom stereocenters. The van der Waals surface area contributed by atoms with Crippen LogP contribution in [0.5, 0.6) is 5.88 Å². The Balaban J connectivity index is 1.94. The lowest BCUT2D eigenvalue weighted by atomic mass is 9.82. The van der Waals surface area contributed by atoms with Crippen LogP contribution in [0.15, 0.2) is 24.3 Å². The third-order valence-electron chi connectivity index (χ3n) is 4.62. The van der Waals surface area contributed by atoms with E-state index >= 15 is 0 Å². The van der Waals surface area contributed by atoms with Crippen LogP contribution < -0.4 is 4.74 Å². The fourth-order valence-electron chi connectivity index (χ4n) is 3.38. The number of aliphatic hydroxyl groups is 1. The molecule has 0 radical (unpaired) electrons. The molecule has 3 rings (SSSR count). The molecule has 0 aliphatic heterocycles. The molecular weight excluding hydrogens is 262 g/mol. The van der Waals surface area contributed by atoms with Crippen LogP contribution in [0, 0.1) is 12.8 Å². The Morgan fingerprint density at radius 1 is 1.19 bits per heavy atom. The molecule has 1 aliphatic rings. The first-order valence-electron chi connectivity index (χ1n) is 7.82. The minimum Gasteiger partial charge on any atom is -0.481 e. The molecule has 1 N–H and O–H groups in total. The number of aromatic nitrogens is 1. The molecule has 1 aromatic heterocycles. The highest BCUT2D eigenvalue weighted by atomic mass is 16.5. The van der Waals surface area contributed by atoms with E-state index in [0.29, 0.717) is 11.8 Å². The highest BCUT2D eigenvalue weighted by molar-refractivity contribution is 5.80. The molecule has 3 heteroatoms. The molecule has 21 heavy (non-hydrogen) atoms. The van der Waals surface area contributed by atoms with Gasteiger partial charge >= 0.3 is 0 Å². The van der Waals surface area contributed by atoms with Crippen LogP contribution in [0.3, 0.4) is 0 Å². The lowest BCUT2D eigenvalue weighted by Crippen LogP contribution is -2.15. The van der Waals surface area contributed by atoms with Gasteiger partial charge in [-0.1, -0.05) is 31.4 Å². The van der Waals surface area contributed by atoms with E-state index in [1.165, 1.54) is 19.3 Å². The lowest BCUT2D eigenvalue weighted by Gasteiger charge is -2.27. The van der Waals surface area contributed by atoms with Gasteiger partial charge in [-0.25, -0.2) is 4.98 Å². The van der Waals surface area contributed by atoms with Crippen molar-refractivity contribution in [3.63, 3.8) is 0 Å². The Kier molecular flexibility index (Phi) is 4.11. The molecule has 0 spiro atoms. The number of nitrogens with zero attached hydrogens (tertiary/aromatic N) is 1. The average Bonchev–Trinajstić information content (AvgIpc) is 2.54. The molecule has 1 aliphatic carbocycles. The van der Waals surface area contributed by atoms with Crippen LogP contribution in [-0.4, -0.2) is 17.2 Å². The van der Waals surface area contributed by atoms with Crippen molar-refractivity contribution in [3.05, 3.63) is 35.4 Å². The maximum atomic E-state index is 10.6. The largest absolute Gasteiger partial charge is 0.481 e. The number of benzene rings is 1. The minimum atomic E-state index is -0.371. The zero-order valence-corrected chi connectivity index (χ0v) is 12.8. The smallest absolute Gasteiger partial charge is 0.216 e. The van der Waals surface area contributed by atoms with E-state index in [9.17, 15) is 5.11 Å². The number of hydrogen-bond acceptors (Lipinski definition) is 3. The maximum Gasteiger partial charge on any atom is 0.216 e. The van der Waals surface area contributed by atoms with E-state index in [0.717, 1.165) is 34.9 Å². The van der Waals surface area contributed by atoms with Crippen molar-refractivity contribution < 1.29 is 9.84 Å². The summed E-state index contributed by atoms with van der Waals surface area (Å²) < 4.78 is 5.30. The fourth-order valence-corrected chi connectivity index (χ4v) is 3.38. The number of rotatable bonds is 3. The van der Waals surface area contributed by atoms with E-state index in [1.54, 1.807) is 7.11 Å². The van der Waals surface area contributed by atoms with Gasteiger partial charge < -0.3 is 9.84 Å². The van der Waals surface area contributed by atoms with Gasteiger partial charge in [0.25, 0.3) is 0 Å². The van der Waals surface area contributed by atoms with Gasteiger partial charge in [-0.2, -0.15) is 0 Å². The van der Waals surface area contributed by atoms with Gasteiger partial charge in [-0.15, -0.1) is 0 Å². The minimum absolute atomic E-state index is 0.371. The van der Waals surface area contributed by atoms with Crippen LogP contribution in [0.25, 0.3) is 10.9 Å². The summed E-state index contributed by atoms with van der Waals surface area (Å²) in [5, 5.41) is 11.7. The van der Waals surface area contributed by atoms with E-state index in [1.807, 2.05) is 19.1 Å². The highest BCUT2D eigenvalue weighted by Crippen LogP contribution is 2.35. The first-order valence-corrected chi connectivity index (χ1v) is 7.82. The third-order valence-corrected chi connectivity index (χ3v) is 4.62. The van der Waals surface area contributed by atoms with Gasteiger partial charge in [0.15, 0.2) is 0 Å². The predicted octanol–water partition coefficient (Wildman–Crippen LogP) is 4.17. The molecule has 1 saturated carbocycles. The normalized spacial score (nSPS) is 17.9. The number of methoxy groups -OCH3 is 1. The molecule has 1 heterocycles. The maximum absolute atomic E-state index is 10.6. The van der Waals surface area contributed by atoms with E-state index < -0.39 is 0 Å². The summed E-state index contributed by atoms with van der Waals surface area (Å²) in [6, 6.07) is 8.18. The van der Waals surface area contributed by atoms with E-state index in [-0.39, 0.29) is 6.10 Å². The number of aryl methyl sites for hydroxylation is 1. The number of fused-ring (bicyclic) bond motifs is 1. The number of hydrogen-bond donors (Lipinski definition) is 1. The standard InChI is InChI=1S/C18H23NO2/c1-12-10-14-8-9-15(11-16(14)19-18(12)21-2)17(20)13-6-4-3-5-7-13/h8-11,13,17,20H,3-7H2,1-2H3. The molecule has 1 fully saturated rings. The molecule has 2 aromatic rings. The molecule has 1 atom stereocenters. The van der Waals surface area contributed by atoms with Gasteiger partial charge in [-0.3, -0.25) is 0 Å². The monoisotopic (exact) mass is 285 g/mol. The van der Waals surface area contributed by atoms with Crippen molar-refractivity contribution in [2.45, 2.75) is 45.1 Å². The SMILES string of the molecule is COc1nc2cc(C(O)C3CCCCC3)ccc2cc1C. The van der Waals surface area contributed by atoms with Crippen LogP contribution in [0.4, 0.5) is 0 Å². The molecule has 0 saturated heterocycles. The molecule has 1 aromatic carbocycles. The summed E-state index contributed by atoms with van der Waals surface area (Å²) in [6.45, 7) is 2.00. The number of pyridine rings is 1. The number of ether oxygens (including phenoxy) is 1. The second-order valence-corrected chi connectivity index (χ2v) is 6.11. The Morgan fingerprint density at radius 2 is 1.95 bits per heavy atom. The average molecular weight is 285 g/mol. The summed E-state index contributed by atoms with van der Waals surface area (Å²) in [5.74, 6) is 1.05. The van der Waals surface area contributed by atoms with Gasteiger partial charge in [0.05, 0.1) is 18.7 Å². The van der Waals surface area contributed by atoms with Gasteiger partial charge in [-0.05, 0) is 43.4 Å². The molecule has 112 valence electrons. The first kappa shape index (κ1) is 14.3. The Bertz CT molecular complexity index is 632. The summed E-state index contributed by atoms with van der Waals surface area (Å²) >= 11 is 0. The van der Waals surface area contributed by atoms with Crippen molar-refractivity contribution in [2.24, 2.45) is 5.92 Å². The summed E-state index contributed by atoms with van der Waals surface area (Å²) in [6.07, 6.45) is 5.66. The Morgan fingerprint density at radius 3 is 2.67 bits per heavy atom. The summed E-state index contributed by atoms with van der Waals surface area (Å²) in [7, 11) is 1.64. The molecule has 0 bridgehead atoms. The van der Waals surface area contributed by atoms with Crippen LogP contribution in [0.1, 0.15) is 49.3 Å². The second kappa shape index (κ2) is 6.02. The topological polar surface area (TPSA) is 42.4 Å².